The van der Waals surface area contributed by atoms with E-state index in [1.54, 1.807) is 24.3 Å². The quantitative estimate of drug-likeness (QED) is 0.390. The molecule has 0 amide bonds. The van der Waals surface area contributed by atoms with Crippen molar-refractivity contribution in [3.63, 3.8) is 0 Å². The smallest absolute Gasteiger partial charge is 0.279 e. The zero-order valence-corrected chi connectivity index (χ0v) is 19.1. The Morgan fingerprint density at radius 1 is 0.853 bits per heavy atom. The lowest BCUT2D eigenvalue weighted by atomic mass is 10.1. The van der Waals surface area contributed by atoms with Crippen LogP contribution < -0.4 is 15.9 Å². The second-order valence-electron chi connectivity index (χ2n) is 7.85. The lowest BCUT2D eigenvalue weighted by molar-refractivity contribution is 0.460. The molecule has 5 aromatic rings. The molecule has 0 unspecified atom stereocenters. The molecular formula is C26H19ClN4O3. The minimum atomic E-state index is -0.406. The summed E-state index contributed by atoms with van der Waals surface area (Å²) in [7, 11) is 0. The van der Waals surface area contributed by atoms with Gasteiger partial charge in [-0.15, -0.1) is 0 Å². The molecule has 2 heterocycles. The Morgan fingerprint density at radius 2 is 1.50 bits per heavy atom. The summed E-state index contributed by atoms with van der Waals surface area (Å²) in [5.74, 6) is 1.28. The third-order valence-electron chi connectivity index (χ3n) is 5.40. The first kappa shape index (κ1) is 21.6. The number of nitrogens with zero attached hydrogens (tertiary/aromatic N) is 3. The highest BCUT2D eigenvalue weighted by molar-refractivity contribution is 6.32. The number of rotatable bonds is 4. The van der Waals surface area contributed by atoms with E-state index in [4.69, 9.17) is 16.3 Å². The van der Waals surface area contributed by atoms with Crippen molar-refractivity contribution in [2.45, 2.75) is 13.8 Å². The van der Waals surface area contributed by atoms with Gasteiger partial charge >= 0.3 is 0 Å². The predicted octanol–water partition coefficient (Wildman–Crippen LogP) is 5.20. The largest absolute Gasteiger partial charge is 0.439 e. The fraction of sp³-hybridized carbons (Fsp3) is 0.0769. The first-order valence-electron chi connectivity index (χ1n) is 10.5. The average molecular weight is 471 g/mol. The summed E-state index contributed by atoms with van der Waals surface area (Å²) < 4.78 is 7.17. The summed E-state index contributed by atoms with van der Waals surface area (Å²) in [4.78, 5) is 35.0. The van der Waals surface area contributed by atoms with E-state index in [9.17, 15) is 9.59 Å². The summed E-state index contributed by atoms with van der Waals surface area (Å²) in [5.41, 5.74) is 1.65. The predicted molar refractivity (Wildman–Crippen MR) is 132 cm³/mol. The van der Waals surface area contributed by atoms with Gasteiger partial charge in [0.2, 0.25) is 5.88 Å². The summed E-state index contributed by atoms with van der Waals surface area (Å²) in [6.45, 7) is 3.78. The molecule has 0 aliphatic carbocycles. The van der Waals surface area contributed by atoms with Crippen LogP contribution in [0.4, 0.5) is 0 Å². The first-order chi connectivity index (χ1) is 16.4. The van der Waals surface area contributed by atoms with Gasteiger partial charge in [0.05, 0.1) is 10.8 Å². The van der Waals surface area contributed by atoms with E-state index >= 15 is 0 Å². The monoisotopic (exact) mass is 470 g/mol. The van der Waals surface area contributed by atoms with Gasteiger partial charge in [-0.25, -0.2) is 4.98 Å². The molecule has 3 aromatic carbocycles. The van der Waals surface area contributed by atoms with E-state index in [1.807, 2.05) is 56.3 Å². The lowest BCUT2D eigenvalue weighted by Gasteiger charge is -2.12. The molecule has 1 N–H and O–H groups in total. The van der Waals surface area contributed by atoms with Crippen LogP contribution in [-0.4, -0.2) is 19.7 Å². The molecule has 0 bridgehead atoms. The zero-order valence-electron chi connectivity index (χ0n) is 18.4. The van der Waals surface area contributed by atoms with Gasteiger partial charge in [0.1, 0.15) is 5.75 Å². The number of hydrogen-bond acceptors (Lipinski definition) is 5. The van der Waals surface area contributed by atoms with Crippen molar-refractivity contribution in [3.05, 3.63) is 110 Å². The molecule has 0 radical (unpaired) electrons. The number of ether oxygens (including phenoxy) is 1. The second kappa shape index (κ2) is 8.61. The van der Waals surface area contributed by atoms with Crippen LogP contribution in [0.5, 0.6) is 11.6 Å². The number of nitrogens with one attached hydrogen (secondary N) is 1. The van der Waals surface area contributed by atoms with E-state index in [0.29, 0.717) is 22.0 Å². The average Bonchev–Trinajstić information content (AvgIpc) is 2.85. The number of fused-ring (bicyclic) bond motifs is 1. The van der Waals surface area contributed by atoms with Crippen LogP contribution in [0.3, 0.4) is 0 Å². The van der Waals surface area contributed by atoms with Gasteiger partial charge in [0.25, 0.3) is 11.1 Å². The van der Waals surface area contributed by atoms with E-state index < -0.39 is 11.1 Å². The van der Waals surface area contributed by atoms with Gasteiger partial charge in [-0.2, -0.15) is 9.67 Å². The molecule has 7 nitrogen and oxygen atoms in total. The van der Waals surface area contributed by atoms with Crippen LogP contribution >= 0.6 is 11.6 Å². The Bertz CT molecular complexity index is 1640. The van der Waals surface area contributed by atoms with Crippen molar-refractivity contribution < 1.29 is 4.74 Å². The Morgan fingerprint density at radius 3 is 2.21 bits per heavy atom. The van der Waals surface area contributed by atoms with Crippen molar-refractivity contribution in [3.8, 4) is 28.8 Å². The summed E-state index contributed by atoms with van der Waals surface area (Å²) in [6, 6.07) is 21.1. The normalized spacial score (nSPS) is 11.0. The molecule has 168 valence electrons. The number of benzene rings is 3. The lowest BCUT2D eigenvalue weighted by Crippen LogP contribution is -2.29. The second-order valence-corrected chi connectivity index (χ2v) is 8.23. The summed E-state index contributed by atoms with van der Waals surface area (Å²) >= 11 is 6.29. The highest BCUT2D eigenvalue weighted by Gasteiger charge is 2.15. The summed E-state index contributed by atoms with van der Waals surface area (Å²) in [5, 5.41) is 3.88. The van der Waals surface area contributed by atoms with Crippen LogP contribution in [0.15, 0.2) is 82.4 Å². The van der Waals surface area contributed by atoms with Gasteiger partial charge in [-0.3, -0.25) is 14.7 Å². The van der Waals surface area contributed by atoms with E-state index in [-0.39, 0.29) is 17.1 Å². The maximum absolute atomic E-state index is 13.2. The molecule has 8 heteroatoms. The van der Waals surface area contributed by atoms with Gasteiger partial charge in [-0.1, -0.05) is 54.1 Å². The maximum Gasteiger partial charge on any atom is 0.279 e. The van der Waals surface area contributed by atoms with Gasteiger partial charge in [0, 0.05) is 16.7 Å². The number of hydrogen-bond donors (Lipinski definition) is 1. The van der Waals surface area contributed by atoms with Crippen LogP contribution in [0.2, 0.25) is 5.02 Å². The fourth-order valence-corrected chi connectivity index (χ4v) is 3.85. The van der Waals surface area contributed by atoms with Gasteiger partial charge < -0.3 is 4.74 Å². The number of aryl methyl sites for hydroxylation is 2. The third kappa shape index (κ3) is 3.97. The van der Waals surface area contributed by atoms with Gasteiger partial charge in [-0.05, 0) is 49.2 Å². The minimum Gasteiger partial charge on any atom is -0.439 e. The molecule has 0 fully saturated rings. The number of aromatic amines is 1. The molecule has 0 aliphatic rings. The number of halogens is 1. The molecule has 0 atom stereocenters. The minimum absolute atomic E-state index is 0.180. The third-order valence-corrected chi connectivity index (χ3v) is 6.00. The molecule has 5 rings (SSSR count). The van der Waals surface area contributed by atoms with Crippen LogP contribution in [0.1, 0.15) is 11.1 Å². The maximum atomic E-state index is 13.2. The Hall–Kier alpha value is -4.23. The molecule has 0 spiro atoms. The Balaban J connectivity index is 1.71. The SMILES string of the molecule is Cc1cc(Oc2cc(-n3[nH]c(=O)c4ccccc4c3=O)nc(-c3ccccc3)n2)cc(C)c1Cl. The van der Waals surface area contributed by atoms with Crippen LogP contribution in [0, 0.1) is 13.8 Å². The molecular weight excluding hydrogens is 452 g/mol. The van der Waals surface area contributed by atoms with Crippen molar-refractivity contribution in [2.24, 2.45) is 0 Å². The van der Waals surface area contributed by atoms with Crippen molar-refractivity contribution >= 4 is 22.4 Å². The van der Waals surface area contributed by atoms with Crippen molar-refractivity contribution in [2.75, 3.05) is 0 Å². The van der Waals surface area contributed by atoms with Crippen molar-refractivity contribution in [1.29, 1.82) is 0 Å². The number of H-pyrrole nitrogens is 1. The highest BCUT2D eigenvalue weighted by atomic mass is 35.5. The molecule has 0 saturated carbocycles. The first-order valence-corrected chi connectivity index (χ1v) is 10.9. The Labute approximate surface area is 199 Å². The zero-order chi connectivity index (χ0) is 23.8. The topological polar surface area (TPSA) is 89.9 Å². The Kier molecular flexibility index (Phi) is 5.47. The molecule has 0 saturated heterocycles. The van der Waals surface area contributed by atoms with E-state index in [1.165, 1.54) is 6.07 Å². The standard InChI is InChI=1S/C26H19ClN4O3/c1-15-12-18(13-16(2)23(15)27)34-22-14-21(28-24(29-22)17-8-4-3-5-9-17)31-26(33)20-11-7-6-10-19(20)25(32)30-31/h3-14H,1-2H3,(H,30,32). The molecule has 2 aromatic heterocycles. The van der Waals surface area contributed by atoms with E-state index in [2.05, 4.69) is 15.1 Å². The summed E-state index contributed by atoms with van der Waals surface area (Å²) in [6.07, 6.45) is 0. The van der Waals surface area contributed by atoms with Crippen LogP contribution in [0.25, 0.3) is 28.0 Å². The van der Waals surface area contributed by atoms with Crippen molar-refractivity contribution in [1.82, 2.24) is 19.7 Å². The number of aromatic nitrogens is 4. The highest BCUT2D eigenvalue weighted by Crippen LogP contribution is 2.30. The van der Waals surface area contributed by atoms with Gasteiger partial charge in [0.15, 0.2) is 11.6 Å². The molecule has 34 heavy (non-hydrogen) atoms. The fourth-order valence-electron chi connectivity index (χ4n) is 3.74. The molecule has 0 aliphatic heterocycles. The van der Waals surface area contributed by atoms with Crippen LogP contribution in [-0.2, 0) is 0 Å². The van der Waals surface area contributed by atoms with E-state index in [0.717, 1.165) is 21.4 Å².